The molecule has 1 aromatic rings. The fourth-order valence-corrected chi connectivity index (χ4v) is 2.57. The minimum atomic E-state index is 0.454. The van der Waals surface area contributed by atoms with Crippen LogP contribution in [0.4, 0.5) is 5.95 Å². The first-order valence-corrected chi connectivity index (χ1v) is 7.32. The number of hydrogen-bond donors (Lipinski definition) is 1. The molecule has 1 atom stereocenters. The van der Waals surface area contributed by atoms with E-state index in [0.717, 1.165) is 31.7 Å². The molecule has 108 valence electrons. The van der Waals surface area contributed by atoms with Crippen LogP contribution < -0.4 is 10.2 Å². The molecule has 1 saturated heterocycles. The normalized spacial score (nSPS) is 19.1. The van der Waals surface area contributed by atoms with E-state index in [-0.39, 0.29) is 0 Å². The highest BCUT2D eigenvalue weighted by atomic mass is 15.3. The first kappa shape index (κ1) is 14.7. The third-order valence-electron chi connectivity index (χ3n) is 3.57. The van der Waals surface area contributed by atoms with E-state index in [9.17, 15) is 0 Å². The van der Waals surface area contributed by atoms with Crippen molar-refractivity contribution in [3.63, 3.8) is 0 Å². The molecule has 0 aliphatic carbocycles. The van der Waals surface area contributed by atoms with Gasteiger partial charge in [0.05, 0.1) is 0 Å². The molecule has 1 aliphatic heterocycles. The fraction of sp³-hybridized carbons (Fsp3) is 0.667. The van der Waals surface area contributed by atoms with E-state index in [1.165, 1.54) is 6.42 Å². The number of piperidine rings is 1. The van der Waals surface area contributed by atoms with E-state index in [0.29, 0.717) is 23.6 Å². The second kappa shape index (κ2) is 6.67. The van der Waals surface area contributed by atoms with Crippen LogP contribution in [0.3, 0.4) is 0 Å². The molecule has 0 spiro atoms. The molecule has 1 fully saturated rings. The van der Waals surface area contributed by atoms with Gasteiger partial charge in [-0.2, -0.15) is 5.26 Å². The molecule has 0 aromatic carbocycles. The van der Waals surface area contributed by atoms with Gasteiger partial charge in [-0.05, 0) is 38.3 Å². The van der Waals surface area contributed by atoms with Crippen molar-refractivity contribution >= 4 is 5.95 Å². The quantitative estimate of drug-likeness (QED) is 0.907. The number of anilines is 1. The van der Waals surface area contributed by atoms with E-state index in [1.807, 2.05) is 6.92 Å². The maximum absolute atomic E-state index is 9.01. The second-order valence-corrected chi connectivity index (χ2v) is 5.82. The molecule has 20 heavy (non-hydrogen) atoms. The van der Waals surface area contributed by atoms with Crippen LogP contribution in [0.15, 0.2) is 6.07 Å². The van der Waals surface area contributed by atoms with Gasteiger partial charge in [0.1, 0.15) is 11.8 Å². The largest absolute Gasteiger partial charge is 0.340 e. The Hall–Kier alpha value is -1.67. The Morgan fingerprint density at radius 3 is 3.00 bits per heavy atom. The summed E-state index contributed by atoms with van der Waals surface area (Å²) in [6.07, 6.45) is 2.40. The number of rotatable bonds is 4. The van der Waals surface area contributed by atoms with Crippen LogP contribution in [0.25, 0.3) is 0 Å². The van der Waals surface area contributed by atoms with Crippen LogP contribution in [0.2, 0.25) is 0 Å². The maximum atomic E-state index is 9.01. The Balaban J connectivity index is 2.05. The second-order valence-electron chi connectivity index (χ2n) is 5.82. The van der Waals surface area contributed by atoms with Gasteiger partial charge in [-0.25, -0.2) is 9.97 Å². The smallest absolute Gasteiger partial charge is 0.226 e. The van der Waals surface area contributed by atoms with Gasteiger partial charge in [0.25, 0.3) is 0 Å². The van der Waals surface area contributed by atoms with Gasteiger partial charge in [-0.15, -0.1) is 0 Å². The van der Waals surface area contributed by atoms with E-state index in [1.54, 1.807) is 6.07 Å². The van der Waals surface area contributed by atoms with Crippen LogP contribution in [0.1, 0.15) is 38.1 Å². The van der Waals surface area contributed by atoms with Gasteiger partial charge < -0.3 is 10.2 Å². The summed E-state index contributed by atoms with van der Waals surface area (Å²) < 4.78 is 0. The van der Waals surface area contributed by atoms with Crippen LogP contribution in [-0.2, 0) is 0 Å². The molecule has 2 rings (SSSR count). The lowest BCUT2D eigenvalue weighted by atomic mass is 9.98. The highest BCUT2D eigenvalue weighted by Crippen LogP contribution is 2.20. The lowest BCUT2D eigenvalue weighted by Crippen LogP contribution is -2.41. The van der Waals surface area contributed by atoms with Gasteiger partial charge in [0, 0.05) is 24.8 Å². The Labute approximate surface area is 121 Å². The summed E-state index contributed by atoms with van der Waals surface area (Å²) in [4.78, 5) is 11.0. The lowest BCUT2D eigenvalue weighted by molar-refractivity contribution is 0.376. The predicted molar refractivity (Wildman–Crippen MR) is 79.6 cm³/mol. The van der Waals surface area contributed by atoms with E-state index < -0.39 is 0 Å². The zero-order valence-electron chi connectivity index (χ0n) is 12.6. The van der Waals surface area contributed by atoms with Gasteiger partial charge in [0.15, 0.2) is 0 Å². The van der Waals surface area contributed by atoms with E-state index in [2.05, 4.69) is 40.1 Å². The number of hydrogen-bond acceptors (Lipinski definition) is 5. The molecular weight excluding hydrogens is 250 g/mol. The molecule has 0 saturated carbocycles. The molecule has 1 aliphatic rings. The molecule has 1 unspecified atom stereocenters. The van der Waals surface area contributed by atoms with Crippen molar-refractivity contribution in [2.75, 3.05) is 24.5 Å². The van der Waals surface area contributed by atoms with Crippen LogP contribution in [0, 0.1) is 24.2 Å². The van der Waals surface area contributed by atoms with Gasteiger partial charge in [-0.1, -0.05) is 13.8 Å². The minimum absolute atomic E-state index is 0.454. The average Bonchev–Trinajstić information content (AvgIpc) is 2.44. The number of aryl methyl sites for hydroxylation is 1. The third-order valence-corrected chi connectivity index (χ3v) is 3.57. The Morgan fingerprint density at radius 1 is 1.50 bits per heavy atom. The van der Waals surface area contributed by atoms with Crippen molar-refractivity contribution in [2.24, 2.45) is 5.92 Å². The summed E-state index contributed by atoms with van der Waals surface area (Å²) in [5.41, 5.74) is 1.31. The Morgan fingerprint density at radius 2 is 2.30 bits per heavy atom. The molecular formula is C15H23N5. The molecule has 1 N–H and O–H groups in total. The van der Waals surface area contributed by atoms with Crippen LogP contribution in [-0.4, -0.2) is 35.6 Å². The Bertz CT molecular complexity index is 492. The van der Waals surface area contributed by atoms with Crippen molar-refractivity contribution in [1.29, 1.82) is 5.26 Å². The summed E-state index contributed by atoms with van der Waals surface area (Å²) >= 11 is 0. The topological polar surface area (TPSA) is 64.8 Å². The summed E-state index contributed by atoms with van der Waals surface area (Å²) in [5.74, 6) is 1.33. The Kier molecular flexibility index (Phi) is 4.91. The SMILES string of the molecule is Cc1cc(C#N)nc(N2CCCC(CNC(C)C)C2)n1. The monoisotopic (exact) mass is 273 g/mol. The maximum Gasteiger partial charge on any atom is 0.226 e. The summed E-state index contributed by atoms with van der Waals surface area (Å²) in [5, 5.41) is 12.5. The van der Waals surface area contributed by atoms with Gasteiger partial charge >= 0.3 is 0 Å². The third kappa shape index (κ3) is 3.91. The van der Waals surface area contributed by atoms with Crippen molar-refractivity contribution in [3.8, 4) is 6.07 Å². The summed E-state index contributed by atoms with van der Waals surface area (Å²) in [7, 11) is 0. The van der Waals surface area contributed by atoms with Crippen LogP contribution in [0.5, 0.6) is 0 Å². The number of nitriles is 1. The molecule has 0 radical (unpaired) electrons. The molecule has 5 heteroatoms. The van der Waals surface area contributed by atoms with Crippen LogP contribution >= 0.6 is 0 Å². The molecule has 5 nitrogen and oxygen atoms in total. The summed E-state index contributed by atoms with van der Waals surface area (Å²) in [6.45, 7) is 9.23. The highest BCUT2D eigenvalue weighted by molar-refractivity contribution is 5.36. The lowest BCUT2D eigenvalue weighted by Gasteiger charge is -2.33. The minimum Gasteiger partial charge on any atom is -0.340 e. The standard InChI is InChI=1S/C15H23N5/c1-11(2)17-9-13-5-4-6-20(10-13)15-18-12(3)7-14(8-16)19-15/h7,11,13,17H,4-6,9-10H2,1-3H3. The van der Waals surface area contributed by atoms with Gasteiger partial charge in [0.2, 0.25) is 5.95 Å². The van der Waals surface area contributed by atoms with Crippen molar-refractivity contribution in [3.05, 3.63) is 17.5 Å². The predicted octanol–water partition coefficient (Wildman–Crippen LogP) is 1.87. The molecule has 0 amide bonds. The molecule has 2 heterocycles. The fourth-order valence-electron chi connectivity index (χ4n) is 2.57. The van der Waals surface area contributed by atoms with E-state index >= 15 is 0 Å². The zero-order chi connectivity index (χ0) is 14.5. The van der Waals surface area contributed by atoms with Crippen molar-refractivity contribution < 1.29 is 0 Å². The van der Waals surface area contributed by atoms with Crippen molar-refractivity contribution in [1.82, 2.24) is 15.3 Å². The molecule has 1 aromatic heterocycles. The zero-order valence-corrected chi connectivity index (χ0v) is 12.6. The number of nitrogens with zero attached hydrogens (tertiary/aromatic N) is 4. The highest BCUT2D eigenvalue weighted by Gasteiger charge is 2.22. The van der Waals surface area contributed by atoms with E-state index in [4.69, 9.17) is 5.26 Å². The van der Waals surface area contributed by atoms with Gasteiger partial charge in [-0.3, -0.25) is 0 Å². The first-order chi connectivity index (χ1) is 9.58. The van der Waals surface area contributed by atoms with Crippen molar-refractivity contribution in [2.45, 2.75) is 39.7 Å². The molecule has 0 bridgehead atoms. The number of nitrogens with one attached hydrogen (secondary N) is 1. The summed E-state index contributed by atoms with van der Waals surface area (Å²) in [6, 6.07) is 4.36. The first-order valence-electron chi connectivity index (χ1n) is 7.32. The number of aromatic nitrogens is 2. The average molecular weight is 273 g/mol.